The van der Waals surface area contributed by atoms with Gasteiger partial charge in [0.1, 0.15) is 13.2 Å². The molecular weight excluding hydrogens is 733 g/mol. The highest BCUT2D eigenvalue weighted by molar-refractivity contribution is 5.71. The highest BCUT2D eigenvalue weighted by Gasteiger charge is 2.19. The van der Waals surface area contributed by atoms with Gasteiger partial charge in [-0.2, -0.15) is 0 Å². The van der Waals surface area contributed by atoms with Gasteiger partial charge in [0, 0.05) is 19.3 Å². The van der Waals surface area contributed by atoms with Crippen molar-refractivity contribution in [2.75, 3.05) is 13.2 Å². The minimum atomic E-state index is -0.778. The lowest BCUT2D eigenvalue weighted by molar-refractivity contribution is -0.167. The van der Waals surface area contributed by atoms with Crippen LogP contribution in [0.1, 0.15) is 265 Å². The molecule has 0 spiro atoms. The summed E-state index contributed by atoms with van der Waals surface area (Å²) in [5, 5.41) is 0. The minimum Gasteiger partial charge on any atom is -0.462 e. The SMILES string of the molecule is CCCCCC/C=C\CCCCCCCCCC(=O)OC[C@H](COC(=O)CCCCCCC/C=C\CCCCCC)OC(=O)CCCCCCC/C=C\CCCCCC. The van der Waals surface area contributed by atoms with Gasteiger partial charge in [0.05, 0.1) is 0 Å². The average molecular weight is 829 g/mol. The fourth-order valence-corrected chi connectivity index (χ4v) is 7.19. The van der Waals surface area contributed by atoms with Crippen molar-refractivity contribution < 1.29 is 28.6 Å². The smallest absolute Gasteiger partial charge is 0.306 e. The average Bonchev–Trinajstić information content (AvgIpc) is 3.23. The molecule has 0 aromatic carbocycles. The normalized spacial score (nSPS) is 12.3. The number of esters is 3. The van der Waals surface area contributed by atoms with Crippen LogP contribution in [-0.2, 0) is 28.6 Å². The summed E-state index contributed by atoms with van der Waals surface area (Å²) in [7, 11) is 0. The number of ether oxygens (including phenoxy) is 3. The van der Waals surface area contributed by atoms with Crippen LogP contribution in [0.15, 0.2) is 36.5 Å². The maximum atomic E-state index is 12.8. The van der Waals surface area contributed by atoms with Crippen LogP contribution in [0, 0.1) is 0 Å². The van der Waals surface area contributed by atoms with Crippen LogP contribution in [0.5, 0.6) is 0 Å². The number of carbonyl (C=O) groups is 3. The molecule has 0 N–H and O–H groups in total. The van der Waals surface area contributed by atoms with Crippen LogP contribution in [0.4, 0.5) is 0 Å². The third kappa shape index (κ3) is 46.5. The van der Waals surface area contributed by atoms with Gasteiger partial charge in [0.25, 0.3) is 0 Å². The summed E-state index contributed by atoms with van der Waals surface area (Å²) in [6.45, 7) is 6.59. The van der Waals surface area contributed by atoms with Crippen LogP contribution < -0.4 is 0 Å². The molecular formula is C53H96O6. The molecule has 344 valence electrons. The molecule has 6 nitrogen and oxygen atoms in total. The Labute approximate surface area is 365 Å². The predicted octanol–water partition coefficient (Wildman–Crippen LogP) is 16.5. The van der Waals surface area contributed by atoms with Crippen molar-refractivity contribution in [2.24, 2.45) is 0 Å². The molecule has 0 aromatic rings. The lowest BCUT2D eigenvalue weighted by atomic mass is 10.1. The molecule has 0 aromatic heterocycles. The first-order valence-corrected chi connectivity index (χ1v) is 25.5. The Hall–Kier alpha value is -2.37. The van der Waals surface area contributed by atoms with E-state index >= 15 is 0 Å². The summed E-state index contributed by atoms with van der Waals surface area (Å²) in [6, 6.07) is 0. The summed E-state index contributed by atoms with van der Waals surface area (Å²) in [5.74, 6) is -0.894. The first kappa shape index (κ1) is 56.6. The Kier molecular flexibility index (Phi) is 46.4. The molecule has 59 heavy (non-hydrogen) atoms. The van der Waals surface area contributed by atoms with E-state index in [1.165, 1.54) is 148 Å². The molecule has 0 aliphatic heterocycles. The van der Waals surface area contributed by atoms with Crippen molar-refractivity contribution in [3.05, 3.63) is 36.5 Å². The maximum absolute atomic E-state index is 12.8. The number of hydrogen-bond acceptors (Lipinski definition) is 6. The first-order valence-electron chi connectivity index (χ1n) is 25.5. The fraction of sp³-hybridized carbons (Fsp3) is 0.830. The van der Waals surface area contributed by atoms with E-state index in [0.29, 0.717) is 19.3 Å². The molecule has 0 amide bonds. The van der Waals surface area contributed by atoms with Crippen LogP contribution >= 0.6 is 0 Å². The largest absolute Gasteiger partial charge is 0.462 e. The first-order chi connectivity index (χ1) is 29.0. The molecule has 0 aliphatic rings. The predicted molar refractivity (Wildman–Crippen MR) is 252 cm³/mol. The van der Waals surface area contributed by atoms with Crippen LogP contribution in [0.25, 0.3) is 0 Å². The second-order valence-electron chi connectivity index (χ2n) is 17.1. The number of carbonyl (C=O) groups excluding carboxylic acids is 3. The van der Waals surface area contributed by atoms with E-state index < -0.39 is 6.10 Å². The Morgan fingerprint density at radius 2 is 0.559 bits per heavy atom. The third-order valence-electron chi connectivity index (χ3n) is 11.1. The molecule has 0 aliphatic carbocycles. The van der Waals surface area contributed by atoms with Gasteiger partial charge in [-0.1, -0.05) is 186 Å². The van der Waals surface area contributed by atoms with Gasteiger partial charge in [0.15, 0.2) is 6.10 Å². The van der Waals surface area contributed by atoms with Gasteiger partial charge in [-0.25, -0.2) is 0 Å². The second kappa shape index (κ2) is 48.3. The quantitative estimate of drug-likeness (QED) is 0.0263. The molecule has 0 rings (SSSR count). The Morgan fingerprint density at radius 1 is 0.322 bits per heavy atom. The topological polar surface area (TPSA) is 78.9 Å². The molecule has 0 unspecified atom stereocenters. The van der Waals surface area contributed by atoms with E-state index in [0.717, 1.165) is 77.0 Å². The molecule has 0 heterocycles. The van der Waals surface area contributed by atoms with E-state index in [1.807, 2.05) is 0 Å². The van der Waals surface area contributed by atoms with Crippen LogP contribution in [-0.4, -0.2) is 37.2 Å². The van der Waals surface area contributed by atoms with Crippen molar-refractivity contribution in [1.82, 2.24) is 0 Å². The molecule has 0 saturated heterocycles. The van der Waals surface area contributed by atoms with E-state index in [2.05, 4.69) is 57.2 Å². The van der Waals surface area contributed by atoms with E-state index in [9.17, 15) is 14.4 Å². The van der Waals surface area contributed by atoms with Crippen LogP contribution in [0.3, 0.4) is 0 Å². The van der Waals surface area contributed by atoms with E-state index in [1.54, 1.807) is 0 Å². The monoisotopic (exact) mass is 829 g/mol. The highest BCUT2D eigenvalue weighted by atomic mass is 16.6. The van der Waals surface area contributed by atoms with Gasteiger partial charge in [-0.15, -0.1) is 0 Å². The molecule has 6 heteroatoms. The van der Waals surface area contributed by atoms with Crippen molar-refractivity contribution >= 4 is 17.9 Å². The van der Waals surface area contributed by atoms with Gasteiger partial charge in [-0.3, -0.25) is 14.4 Å². The number of hydrogen-bond donors (Lipinski definition) is 0. The van der Waals surface area contributed by atoms with Crippen molar-refractivity contribution in [1.29, 1.82) is 0 Å². The standard InChI is InChI=1S/C53H96O6/c1-4-7-10-13-16-19-22-25-26-29-31-34-37-40-43-46-52(55)58-49-50(59-53(56)47-44-41-38-35-32-28-24-21-18-15-12-9-6-3)48-57-51(54)45-42-39-36-33-30-27-23-20-17-14-11-8-5-2/h19-24,50H,4-18,25-49H2,1-3H3/b22-19-,23-20-,24-21-/t50-/m0/s1. The zero-order chi connectivity index (χ0) is 43.0. The molecule has 1 atom stereocenters. The van der Waals surface area contributed by atoms with Crippen molar-refractivity contribution in [2.45, 2.75) is 271 Å². The maximum Gasteiger partial charge on any atom is 0.306 e. The zero-order valence-electron chi connectivity index (χ0n) is 39.3. The lowest BCUT2D eigenvalue weighted by Gasteiger charge is -2.18. The van der Waals surface area contributed by atoms with Crippen LogP contribution in [0.2, 0.25) is 0 Å². The number of allylic oxidation sites excluding steroid dienone is 6. The Balaban J connectivity index is 4.38. The van der Waals surface area contributed by atoms with Gasteiger partial charge >= 0.3 is 17.9 Å². The zero-order valence-corrected chi connectivity index (χ0v) is 39.3. The number of unbranched alkanes of at least 4 members (excludes halogenated alkanes) is 29. The van der Waals surface area contributed by atoms with E-state index in [4.69, 9.17) is 14.2 Å². The van der Waals surface area contributed by atoms with Crippen molar-refractivity contribution in [3.63, 3.8) is 0 Å². The van der Waals surface area contributed by atoms with Crippen molar-refractivity contribution in [3.8, 4) is 0 Å². The summed E-state index contributed by atoms with van der Waals surface area (Å²) in [6.07, 6.45) is 55.5. The molecule has 0 bridgehead atoms. The van der Waals surface area contributed by atoms with Gasteiger partial charge in [-0.05, 0) is 96.3 Å². The van der Waals surface area contributed by atoms with Gasteiger partial charge in [0.2, 0.25) is 0 Å². The van der Waals surface area contributed by atoms with Gasteiger partial charge < -0.3 is 14.2 Å². The minimum absolute atomic E-state index is 0.0790. The number of rotatable bonds is 46. The molecule has 0 fully saturated rings. The lowest BCUT2D eigenvalue weighted by Crippen LogP contribution is -2.30. The summed E-state index contributed by atoms with van der Waals surface area (Å²) in [5.41, 5.74) is 0. The Morgan fingerprint density at radius 3 is 0.847 bits per heavy atom. The second-order valence-corrected chi connectivity index (χ2v) is 17.1. The molecule has 0 saturated carbocycles. The fourth-order valence-electron chi connectivity index (χ4n) is 7.19. The highest BCUT2D eigenvalue weighted by Crippen LogP contribution is 2.14. The summed E-state index contributed by atoms with van der Waals surface area (Å²) >= 11 is 0. The molecule has 0 radical (unpaired) electrons. The Bertz CT molecular complexity index is 1000. The summed E-state index contributed by atoms with van der Waals surface area (Å²) in [4.78, 5) is 37.9. The third-order valence-corrected chi connectivity index (χ3v) is 11.1. The summed E-state index contributed by atoms with van der Waals surface area (Å²) < 4.78 is 16.8. The van der Waals surface area contributed by atoms with E-state index in [-0.39, 0.29) is 31.1 Å².